The van der Waals surface area contributed by atoms with Gasteiger partial charge in [-0.3, -0.25) is 14.9 Å². The first-order valence-electron chi connectivity index (χ1n) is 8.16. The van der Waals surface area contributed by atoms with Gasteiger partial charge in [0.25, 0.3) is 11.6 Å². The van der Waals surface area contributed by atoms with E-state index in [9.17, 15) is 14.9 Å². The molecule has 0 aliphatic carbocycles. The molecule has 0 aliphatic heterocycles. The Morgan fingerprint density at radius 3 is 2.52 bits per heavy atom. The molecule has 1 N–H and O–H groups in total. The molecule has 2 aromatic carbocycles. The van der Waals surface area contributed by atoms with Gasteiger partial charge in [-0.2, -0.15) is 0 Å². The number of benzene rings is 2. The second kappa shape index (κ2) is 7.69. The fourth-order valence-corrected chi connectivity index (χ4v) is 2.78. The third kappa shape index (κ3) is 3.79. The lowest BCUT2D eigenvalue weighted by molar-refractivity contribution is -0.385. The smallest absolute Gasteiger partial charge is 0.282 e. The third-order valence-electron chi connectivity index (χ3n) is 4.19. The topological polar surface area (TPSA) is 99.3 Å². The average molecular weight is 366 g/mol. The molecular weight excluding hydrogens is 348 g/mol. The van der Waals surface area contributed by atoms with Crippen molar-refractivity contribution < 1.29 is 14.5 Å². The largest absolute Gasteiger partial charge is 0.497 e. The van der Waals surface area contributed by atoms with Gasteiger partial charge in [-0.1, -0.05) is 24.3 Å². The summed E-state index contributed by atoms with van der Waals surface area (Å²) >= 11 is 0. The second-order valence-corrected chi connectivity index (χ2v) is 5.85. The van der Waals surface area contributed by atoms with Crippen LogP contribution >= 0.6 is 0 Å². The van der Waals surface area contributed by atoms with E-state index in [4.69, 9.17) is 4.74 Å². The lowest BCUT2D eigenvalue weighted by Crippen LogP contribution is -2.31. The number of nitrogens with zero attached hydrogens (tertiary/aromatic N) is 3. The minimum absolute atomic E-state index is 0.00443. The van der Waals surface area contributed by atoms with Crippen LogP contribution in [0.4, 0.5) is 5.69 Å². The van der Waals surface area contributed by atoms with Crippen molar-refractivity contribution in [2.24, 2.45) is 7.05 Å². The number of nitrogens with one attached hydrogen (secondary N) is 1. The van der Waals surface area contributed by atoms with E-state index in [1.807, 2.05) is 19.2 Å². The highest BCUT2D eigenvalue weighted by Gasteiger charge is 2.25. The van der Waals surface area contributed by atoms with Gasteiger partial charge >= 0.3 is 0 Å². The van der Waals surface area contributed by atoms with Crippen molar-refractivity contribution in [2.75, 3.05) is 7.11 Å². The number of nitro groups is 1. The Morgan fingerprint density at radius 2 is 1.93 bits per heavy atom. The summed E-state index contributed by atoms with van der Waals surface area (Å²) in [4.78, 5) is 27.8. The van der Waals surface area contributed by atoms with Crippen LogP contribution in [0.15, 0.2) is 60.9 Å². The molecule has 1 heterocycles. The van der Waals surface area contributed by atoms with Crippen LogP contribution in [0, 0.1) is 10.1 Å². The highest BCUT2D eigenvalue weighted by Crippen LogP contribution is 2.25. The molecule has 0 saturated carbocycles. The molecular formula is C19H18N4O4. The van der Waals surface area contributed by atoms with Crippen LogP contribution < -0.4 is 10.1 Å². The molecule has 138 valence electrons. The molecule has 1 atom stereocenters. The summed E-state index contributed by atoms with van der Waals surface area (Å²) in [5, 5.41) is 14.1. The fourth-order valence-electron chi connectivity index (χ4n) is 2.78. The van der Waals surface area contributed by atoms with Gasteiger partial charge < -0.3 is 14.6 Å². The fraction of sp³-hybridized carbons (Fsp3) is 0.158. The van der Waals surface area contributed by atoms with E-state index < -0.39 is 16.9 Å². The molecule has 0 spiro atoms. The Balaban J connectivity index is 1.98. The number of carbonyl (C=O) groups excluding carboxylic acids is 1. The number of nitro benzene ring substituents is 1. The predicted octanol–water partition coefficient (Wildman–Crippen LogP) is 2.86. The van der Waals surface area contributed by atoms with Crippen molar-refractivity contribution in [3.05, 3.63) is 88.0 Å². The van der Waals surface area contributed by atoms with Crippen LogP contribution in [-0.2, 0) is 7.05 Å². The zero-order valence-electron chi connectivity index (χ0n) is 14.8. The zero-order valence-corrected chi connectivity index (χ0v) is 14.8. The van der Waals surface area contributed by atoms with Gasteiger partial charge in [0, 0.05) is 25.5 Å². The van der Waals surface area contributed by atoms with Gasteiger partial charge in [-0.05, 0) is 23.8 Å². The van der Waals surface area contributed by atoms with E-state index in [0.29, 0.717) is 11.6 Å². The number of imidazole rings is 1. The van der Waals surface area contributed by atoms with Crippen molar-refractivity contribution in [3.63, 3.8) is 0 Å². The van der Waals surface area contributed by atoms with E-state index >= 15 is 0 Å². The van der Waals surface area contributed by atoms with E-state index in [1.165, 1.54) is 18.2 Å². The molecule has 0 aliphatic rings. The van der Waals surface area contributed by atoms with E-state index in [-0.39, 0.29) is 11.3 Å². The Bertz CT molecular complexity index is 966. The van der Waals surface area contributed by atoms with Gasteiger partial charge in [-0.25, -0.2) is 4.98 Å². The number of aryl methyl sites for hydroxylation is 1. The standard InChI is InChI=1S/C19H18N4O4/c1-22-12-11-20-18(22)17(13-7-9-14(27-2)10-8-13)21-19(24)15-5-3-4-6-16(15)23(25)26/h3-12,17H,1-2H3,(H,21,24)/t17-/m0/s1. The number of methoxy groups -OCH3 is 1. The molecule has 3 rings (SSSR count). The average Bonchev–Trinajstić information content (AvgIpc) is 3.11. The maximum Gasteiger partial charge on any atom is 0.282 e. The van der Waals surface area contributed by atoms with Gasteiger partial charge in [-0.15, -0.1) is 0 Å². The minimum Gasteiger partial charge on any atom is -0.497 e. The number of hydrogen-bond acceptors (Lipinski definition) is 5. The molecule has 0 saturated heterocycles. The van der Waals surface area contributed by atoms with Gasteiger partial charge in [0.15, 0.2) is 0 Å². The summed E-state index contributed by atoms with van der Waals surface area (Å²) in [7, 11) is 3.39. The maximum absolute atomic E-state index is 12.8. The van der Waals surface area contributed by atoms with Crippen LogP contribution in [0.5, 0.6) is 5.75 Å². The Morgan fingerprint density at radius 1 is 1.22 bits per heavy atom. The molecule has 8 nitrogen and oxygen atoms in total. The van der Waals surface area contributed by atoms with Crippen LogP contribution in [0.1, 0.15) is 27.8 Å². The summed E-state index contributed by atoms with van der Waals surface area (Å²) in [5.74, 6) is 0.737. The number of hydrogen-bond donors (Lipinski definition) is 1. The first-order chi connectivity index (χ1) is 13.0. The number of rotatable bonds is 6. The van der Waals surface area contributed by atoms with E-state index in [2.05, 4.69) is 10.3 Å². The predicted molar refractivity (Wildman–Crippen MR) is 98.6 cm³/mol. The highest BCUT2D eigenvalue weighted by molar-refractivity contribution is 5.98. The molecule has 0 radical (unpaired) electrons. The summed E-state index contributed by atoms with van der Waals surface area (Å²) in [6, 6.07) is 12.5. The summed E-state index contributed by atoms with van der Waals surface area (Å²) in [6.07, 6.45) is 3.39. The first-order valence-corrected chi connectivity index (χ1v) is 8.16. The third-order valence-corrected chi connectivity index (χ3v) is 4.19. The molecule has 3 aromatic rings. The van der Waals surface area contributed by atoms with Crippen molar-refractivity contribution in [1.29, 1.82) is 0 Å². The van der Waals surface area contributed by atoms with Crippen molar-refractivity contribution in [3.8, 4) is 5.75 Å². The lowest BCUT2D eigenvalue weighted by atomic mass is 10.0. The van der Waals surface area contributed by atoms with E-state index in [0.717, 1.165) is 5.56 Å². The molecule has 0 fully saturated rings. The SMILES string of the molecule is COc1ccc([C@H](NC(=O)c2ccccc2[N+](=O)[O-])c2nccn2C)cc1. The number of carbonyl (C=O) groups is 1. The number of para-hydroxylation sites is 1. The molecule has 0 unspecified atom stereocenters. The Labute approximate surface area is 155 Å². The molecule has 8 heteroatoms. The molecule has 27 heavy (non-hydrogen) atoms. The highest BCUT2D eigenvalue weighted by atomic mass is 16.6. The summed E-state index contributed by atoms with van der Waals surface area (Å²) in [5.41, 5.74) is 0.524. The molecule has 1 amide bonds. The number of aromatic nitrogens is 2. The van der Waals surface area contributed by atoms with Crippen LogP contribution in [0.25, 0.3) is 0 Å². The van der Waals surface area contributed by atoms with Crippen molar-refractivity contribution >= 4 is 11.6 Å². The monoisotopic (exact) mass is 366 g/mol. The maximum atomic E-state index is 12.8. The second-order valence-electron chi connectivity index (χ2n) is 5.85. The lowest BCUT2D eigenvalue weighted by Gasteiger charge is -2.19. The van der Waals surface area contributed by atoms with Crippen LogP contribution in [0.3, 0.4) is 0 Å². The minimum atomic E-state index is -0.580. The number of ether oxygens (including phenoxy) is 1. The van der Waals surface area contributed by atoms with Gasteiger partial charge in [0.05, 0.1) is 12.0 Å². The Hall–Kier alpha value is -3.68. The Kier molecular flexibility index (Phi) is 5.16. The van der Waals surface area contributed by atoms with Gasteiger partial charge in [0.2, 0.25) is 0 Å². The summed E-state index contributed by atoms with van der Waals surface area (Å²) in [6.45, 7) is 0. The van der Waals surface area contributed by atoms with Crippen LogP contribution in [-0.4, -0.2) is 27.5 Å². The normalized spacial score (nSPS) is 11.6. The first kappa shape index (κ1) is 18.1. The number of amides is 1. The van der Waals surface area contributed by atoms with E-state index in [1.54, 1.807) is 42.3 Å². The van der Waals surface area contributed by atoms with Crippen molar-refractivity contribution in [1.82, 2.24) is 14.9 Å². The van der Waals surface area contributed by atoms with Gasteiger partial charge in [0.1, 0.15) is 23.2 Å². The molecule has 1 aromatic heterocycles. The quantitative estimate of drug-likeness (QED) is 0.534. The summed E-state index contributed by atoms with van der Waals surface area (Å²) < 4.78 is 6.96. The van der Waals surface area contributed by atoms with Crippen LogP contribution in [0.2, 0.25) is 0 Å². The van der Waals surface area contributed by atoms with Crippen molar-refractivity contribution in [2.45, 2.75) is 6.04 Å². The zero-order chi connectivity index (χ0) is 19.4. The molecule has 0 bridgehead atoms.